The van der Waals surface area contributed by atoms with Crippen LogP contribution in [0, 0.1) is 0 Å². The third-order valence-electron chi connectivity index (χ3n) is 6.68. The van der Waals surface area contributed by atoms with Crippen molar-refractivity contribution < 1.29 is 9.90 Å². The van der Waals surface area contributed by atoms with Gasteiger partial charge in [0.25, 0.3) is 0 Å². The van der Waals surface area contributed by atoms with Crippen molar-refractivity contribution in [1.29, 1.82) is 0 Å². The van der Waals surface area contributed by atoms with E-state index < -0.39 is 5.97 Å². The molecule has 0 saturated carbocycles. The van der Waals surface area contributed by atoms with Gasteiger partial charge in [0, 0.05) is 25.2 Å². The Morgan fingerprint density at radius 1 is 0.892 bits per heavy atom. The van der Waals surface area contributed by atoms with Gasteiger partial charge in [-0.3, -0.25) is 0 Å². The SMILES string of the molecule is CCCCc1nc2ccc(NCc3ccccc3)cc2n1Cc1ccc(-c2ccccc2C(=O)O)cc1. The summed E-state index contributed by atoms with van der Waals surface area (Å²) in [5.41, 5.74) is 7.52. The van der Waals surface area contributed by atoms with Crippen LogP contribution in [0.3, 0.4) is 0 Å². The summed E-state index contributed by atoms with van der Waals surface area (Å²) >= 11 is 0. The van der Waals surface area contributed by atoms with Crippen LogP contribution in [0.5, 0.6) is 0 Å². The predicted molar refractivity (Wildman–Crippen MR) is 150 cm³/mol. The lowest BCUT2D eigenvalue weighted by Crippen LogP contribution is -2.06. The molecule has 0 aliphatic heterocycles. The molecule has 0 aliphatic carbocycles. The van der Waals surface area contributed by atoms with Crippen molar-refractivity contribution in [2.45, 2.75) is 39.3 Å². The maximum absolute atomic E-state index is 11.7. The summed E-state index contributed by atoms with van der Waals surface area (Å²) in [5.74, 6) is 0.180. The van der Waals surface area contributed by atoms with Gasteiger partial charge in [-0.15, -0.1) is 0 Å². The molecule has 1 heterocycles. The molecule has 0 radical (unpaired) electrons. The molecule has 5 aromatic rings. The maximum atomic E-state index is 11.7. The molecule has 0 aliphatic rings. The number of carbonyl (C=O) groups is 1. The Balaban J connectivity index is 1.43. The first-order valence-corrected chi connectivity index (χ1v) is 12.8. The van der Waals surface area contributed by atoms with E-state index in [2.05, 4.69) is 71.4 Å². The number of carboxylic acid groups (broad SMARTS) is 1. The fourth-order valence-corrected chi connectivity index (χ4v) is 4.68. The van der Waals surface area contributed by atoms with E-state index in [1.165, 1.54) is 5.56 Å². The van der Waals surface area contributed by atoms with Crippen molar-refractivity contribution in [3.8, 4) is 11.1 Å². The van der Waals surface area contributed by atoms with Crippen molar-refractivity contribution in [2.24, 2.45) is 0 Å². The number of aryl methyl sites for hydroxylation is 1. The summed E-state index contributed by atoms with van der Waals surface area (Å²) < 4.78 is 2.32. The van der Waals surface area contributed by atoms with Gasteiger partial charge in [0.05, 0.1) is 16.6 Å². The number of anilines is 1. The normalized spacial score (nSPS) is 11.1. The molecule has 37 heavy (non-hydrogen) atoms. The number of rotatable bonds is 10. The Morgan fingerprint density at radius 2 is 1.65 bits per heavy atom. The number of carboxylic acids is 1. The average molecular weight is 490 g/mol. The Hall–Kier alpha value is -4.38. The van der Waals surface area contributed by atoms with Gasteiger partial charge >= 0.3 is 5.97 Å². The Kier molecular flexibility index (Phi) is 7.31. The standard InChI is InChI=1S/C32H31N3O2/c1-2-3-13-31-34-29-19-18-26(33-21-23-9-5-4-6-10-23)20-30(29)35(31)22-24-14-16-25(17-15-24)27-11-7-8-12-28(27)32(36)37/h4-12,14-20,33H,2-3,13,21-22H2,1H3,(H,36,37). The Bertz CT molecular complexity index is 1500. The second-order valence-electron chi connectivity index (χ2n) is 9.31. The number of aromatic nitrogens is 2. The fourth-order valence-electron chi connectivity index (χ4n) is 4.68. The highest BCUT2D eigenvalue weighted by molar-refractivity contribution is 5.96. The highest BCUT2D eigenvalue weighted by Crippen LogP contribution is 2.27. The molecular formula is C32H31N3O2. The first-order valence-electron chi connectivity index (χ1n) is 12.8. The van der Waals surface area contributed by atoms with Crippen LogP contribution in [0.2, 0.25) is 0 Å². The topological polar surface area (TPSA) is 67.2 Å². The Morgan fingerprint density at radius 3 is 2.41 bits per heavy atom. The number of fused-ring (bicyclic) bond motifs is 1. The van der Waals surface area contributed by atoms with E-state index in [4.69, 9.17) is 4.98 Å². The number of nitrogens with zero attached hydrogens (tertiary/aromatic N) is 2. The number of imidazole rings is 1. The highest BCUT2D eigenvalue weighted by atomic mass is 16.4. The zero-order valence-corrected chi connectivity index (χ0v) is 21.0. The van der Waals surface area contributed by atoms with E-state index in [1.807, 2.05) is 30.3 Å². The molecule has 0 amide bonds. The second kappa shape index (κ2) is 11.1. The predicted octanol–water partition coefficient (Wildman–Crippen LogP) is 7.40. The maximum Gasteiger partial charge on any atom is 0.336 e. The van der Waals surface area contributed by atoms with Crippen molar-refractivity contribution >= 4 is 22.7 Å². The van der Waals surface area contributed by atoms with Crippen LogP contribution in [0.15, 0.2) is 97.1 Å². The van der Waals surface area contributed by atoms with Crippen molar-refractivity contribution in [3.63, 3.8) is 0 Å². The minimum atomic E-state index is -0.915. The van der Waals surface area contributed by atoms with E-state index in [-0.39, 0.29) is 0 Å². The molecule has 1 aromatic heterocycles. The minimum Gasteiger partial charge on any atom is -0.478 e. The molecule has 0 fully saturated rings. The number of nitrogens with one attached hydrogen (secondary N) is 1. The van der Waals surface area contributed by atoms with Gasteiger partial charge in [-0.25, -0.2) is 9.78 Å². The van der Waals surface area contributed by atoms with Crippen LogP contribution in [-0.4, -0.2) is 20.6 Å². The lowest BCUT2D eigenvalue weighted by Gasteiger charge is -2.12. The molecule has 5 nitrogen and oxygen atoms in total. The van der Waals surface area contributed by atoms with Crippen LogP contribution >= 0.6 is 0 Å². The highest BCUT2D eigenvalue weighted by Gasteiger charge is 2.14. The second-order valence-corrected chi connectivity index (χ2v) is 9.31. The monoisotopic (exact) mass is 489 g/mol. The molecule has 0 saturated heterocycles. The molecule has 5 rings (SSSR count). The first kappa shape index (κ1) is 24.3. The molecule has 0 atom stereocenters. The summed E-state index contributed by atoms with van der Waals surface area (Å²) in [7, 11) is 0. The van der Waals surface area contributed by atoms with E-state index in [0.717, 1.165) is 65.0 Å². The number of unbranched alkanes of at least 4 members (excludes halogenated alkanes) is 1. The number of benzene rings is 4. The van der Waals surface area contributed by atoms with Gasteiger partial charge in [0.15, 0.2) is 0 Å². The number of aromatic carboxylic acids is 1. The van der Waals surface area contributed by atoms with E-state index >= 15 is 0 Å². The lowest BCUT2D eigenvalue weighted by molar-refractivity contribution is 0.0697. The minimum absolute atomic E-state index is 0.313. The third kappa shape index (κ3) is 5.56. The van der Waals surface area contributed by atoms with Crippen LogP contribution < -0.4 is 5.32 Å². The smallest absolute Gasteiger partial charge is 0.336 e. The summed E-state index contributed by atoms with van der Waals surface area (Å²) in [6, 6.07) is 32.1. The Labute approximate surface area is 217 Å². The lowest BCUT2D eigenvalue weighted by atomic mass is 9.99. The van der Waals surface area contributed by atoms with E-state index in [0.29, 0.717) is 12.1 Å². The molecule has 2 N–H and O–H groups in total. The van der Waals surface area contributed by atoms with Crippen LogP contribution in [-0.2, 0) is 19.5 Å². The van der Waals surface area contributed by atoms with Gasteiger partial charge in [-0.2, -0.15) is 0 Å². The summed E-state index contributed by atoms with van der Waals surface area (Å²) in [6.45, 7) is 3.67. The van der Waals surface area contributed by atoms with Crippen molar-refractivity contribution in [1.82, 2.24) is 9.55 Å². The number of hydrogen-bond acceptors (Lipinski definition) is 3. The average Bonchev–Trinajstić information content (AvgIpc) is 3.28. The molecular weight excluding hydrogens is 458 g/mol. The van der Waals surface area contributed by atoms with Crippen LogP contribution in [0.25, 0.3) is 22.2 Å². The molecule has 0 spiro atoms. The summed E-state index contributed by atoms with van der Waals surface area (Å²) in [6.07, 6.45) is 3.14. The quantitative estimate of drug-likeness (QED) is 0.214. The van der Waals surface area contributed by atoms with E-state index in [1.54, 1.807) is 12.1 Å². The molecule has 5 heteroatoms. The van der Waals surface area contributed by atoms with Gasteiger partial charge in [0.1, 0.15) is 5.82 Å². The van der Waals surface area contributed by atoms with Gasteiger partial charge in [-0.05, 0) is 52.9 Å². The van der Waals surface area contributed by atoms with Gasteiger partial charge < -0.3 is 15.0 Å². The van der Waals surface area contributed by atoms with Crippen LogP contribution in [0.4, 0.5) is 5.69 Å². The molecule has 186 valence electrons. The molecule has 0 bridgehead atoms. The molecule has 4 aromatic carbocycles. The third-order valence-corrected chi connectivity index (χ3v) is 6.68. The zero-order valence-electron chi connectivity index (χ0n) is 21.0. The van der Waals surface area contributed by atoms with Gasteiger partial charge in [-0.1, -0.05) is 86.1 Å². The summed E-state index contributed by atoms with van der Waals surface area (Å²) in [4.78, 5) is 16.6. The summed E-state index contributed by atoms with van der Waals surface area (Å²) in [5, 5.41) is 13.1. The fraction of sp³-hybridized carbons (Fsp3) is 0.188. The van der Waals surface area contributed by atoms with Crippen molar-refractivity contribution in [2.75, 3.05) is 5.32 Å². The zero-order chi connectivity index (χ0) is 25.6. The van der Waals surface area contributed by atoms with Crippen LogP contribution in [0.1, 0.15) is 47.1 Å². The molecule has 0 unspecified atom stereocenters. The first-order chi connectivity index (χ1) is 18.1. The number of hydrogen-bond donors (Lipinski definition) is 2. The van der Waals surface area contributed by atoms with E-state index in [9.17, 15) is 9.90 Å². The van der Waals surface area contributed by atoms with Gasteiger partial charge in [0.2, 0.25) is 0 Å². The van der Waals surface area contributed by atoms with Crippen molar-refractivity contribution in [3.05, 3.63) is 120 Å². The largest absolute Gasteiger partial charge is 0.478 e.